The van der Waals surface area contributed by atoms with Crippen molar-refractivity contribution in [1.29, 1.82) is 0 Å². The van der Waals surface area contributed by atoms with E-state index in [1.807, 2.05) is 66.7 Å². The molecule has 1 aliphatic rings. The molecule has 0 saturated carbocycles. The van der Waals surface area contributed by atoms with E-state index < -0.39 is 6.10 Å². The number of benzene rings is 3. The van der Waals surface area contributed by atoms with E-state index in [0.717, 1.165) is 36.9 Å². The number of nitrogens with zero attached hydrogens (tertiary/aromatic N) is 3. The Morgan fingerprint density at radius 2 is 1.68 bits per heavy atom. The SMILES string of the molecule is Cl.O[C@H](COc1cccc2oc(-c3nnc(-c4ccccc4)o3)cc12)CN1CCC(c2ccc(Cl)c(Cl)c2)CC1. The van der Waals surface area contributed by atoms with Gasteiger partial charge in [0.1, 0.15) is 24.0 Å². The van der Waals surface area contributed by atoms with Gasteiger partial charge in [0.05, 0.1) is 15.4 Å². The molecule has 6 rings (SSSR count). The second kappa shape index (κ2) is 12.6. The fourth-order valence-electron chi connectivity index (χ4n) is 5.04. The van der Waals surface area contributed by atoms with Gasteiger partial charge in [-0.25, -0.2) is 0 Å². The molecular formula is C30H28Cl3N3O4. The minimum atomic E-state index is -0.627. The van der Waals surface area contributed by atoms with Crippen molar-refractivity contribution in [1.82, 2.24) is 15.1 Å². The molecule has 1 atom stereocenters. The monoisotopic (exact) mass is 599 g/mol. The van der Waals surface area contributed by atoms with E-state index >= 15 is 0 Å². The Hall–Kier alpha value is -3.07. The summed E-state index contributed by atoms with van der Waals surface area (Å²) in [6, 6.07) is 22.9. The van der Waals surface area contributed by atoms with Crippen molar-refractivity contribution in [2.75, 3.05) is 26.2 Å². The molecule has 40 heavy (non-hydrogen) atoms. The van der Waals surface area contributed by atoms with Crippen LogP contribution < -0.4 is 4.74 Å². The van der Waals surface area contributed by atoms with E-state index in [0.29, 0.717) is 51.4 Å². The maximum Gasteiger partial charge on any atom is 0.283 e. The summed E-state index contributed by atoms with van der Waals surface area (Å²) in [6.45, 7) is 2.52. The van der Waals surface area contributed by atoms with E-state index in [4.69, 9.17) is 36.8 Å². The van der Waals surface area contributed by atoms with Crippen molar-refractivity contribution in [3.8, 4) is 28.9 Å². The fraction of sp³-hybridized carbons (Fsp3) is 0.267. The molecule has 5 aromatic rings. The van der Waals surface area contributed by atoms with Crippen LogP contribution in [0.2, 0.25) is 10.0 Å². The normalized spacial score (nSPS) is 15.2. The van der Waals surface area contributed by atoms with Gasteiger partial charge in [0.2, 0.25) is 5.89 Å². The number of ether oxygens (including phenoxy) is 1. The van der Waals surface area contributed by atoms with Crippen LogP contribution in [0.5, 0.6) is 5.75 Å². The number of β-amino-alcohol motifs (C(OH)–C–C–N with tert-alkyl or cyclic N) is 1. The maximum absolute atomic E-state index is 10.7. The van der Waals surface area contributed by atoms with Crippen LogP contribution in [0.15, 0.2) is 81.6 Å². The molecule has 0 radical (unpaired) electrons. The van der Waals surface area contributed by atoms with Crippen molar-refractivity contribution in [2.45, 2.75) is 24.9 Å². The number of aliphatic hydroxyl groups excluding tert-OH is 1. The average molecular weight is 601 g/mol. The molecule has 0 aliphatic carbocycles. The molecule has 10 heteroatoms. The molecule has 0 spiro atoms. The first-order valence-corrected chi connectivity index (χ1v) is 13.7. The number of hydrogen-bond acceptors (Lipinski definition) is 7. The molecule has 208 valence electrons. The Labute approximate surface area is 248 Å². The highest BCUT2D eigenvalue weighted by molar-refractivity contribution is 6.42. The van der Waals surface area contributed by atoms with Crippen LogP contribution in [0.1, 0.15) is 24.3 Å². The maximum atomic E-state index is 10.7. The second-order valence-corrected chi connectivity index (χ2v) is 10.6. The van der Waals surface area contributed by atoms with Gasteiger partial charge in [0.25, 0.3) is 5.89 Å². The predicted molar refractivity (Wildman–Crippen MR) is 159 cm³/mol. The third kappa shape index (κ3) is 6.29. The number of fused-ring (bicyclic) bond motifs is 1. The third-order valence-corrected chi connectivity index (χ3v) is 7.82. The van der Waals surface area contributed by atoms with Crippen LogP contribution in [0.25, 0.3) is 34.1 Å². The molecule has 1 aliphatic heterocycles. The van der Waals surface area contributed by atoms with Gasteiger partial charge in [0.15, 0.2) is 5.76 Å². The highest BCUT2D eigenvalue weighted by Gasteiger charge is 2.23. The standard InChI is InChI=1S/C30H27Cl2N3O4.ClH/c31-24-10-9-21(15-25(24)32)19-11-13-35(14-12-19)17-22(36)18-37-26-7-4-8-27-23(26)16-28(38-27)30-34-33-29(39-30)20-5-2-1-3-6-20;/h1-10,15-16,19,22,36H,11-14,17-18H2;1H/t22-;/m0./s1. The van der Waals surface area contributed by atoms with Gasteiger partial charge in [-0.05, 0) is 73.8 Å². The zero-order valence-electron chi connectivity index (χ0n) is 21.5. The Morgan fingerprint density at radius 3 is 2.45 bits per heavy atom. The Morgan fingerprint density at radius 1 is 0.900 bits per heavy atom. The van der Waals surface area contributed by atoms with Gasteiger partial charge in [-0.1, -0.05) is 53.5 Å². The van der Waals surface area contributed by atoms with Crippen molar-refractivity contribution < 1.29 is 18.7 Å². The largest absolute Gasteiger partial charge is 0.490 e. The van der Waals surface area contributed by atoms with Crippen molar-refractivity contribution in [3.63, 3.8) is 0 Å². The number of halogens is 3. The van der Waals surface area contributed by atoms with Crippen molar-refractivity contribution in [3.05, 3.63) is 88.4 Å². The van der Waals surface area contributed by atoms with Crippen molar-refractivity contribution >= 4 is 46.6 Å². The molecule has 1 saturated heterocycles. The summed E-state index contributed by atoms with van der Waals surface area (Å²) in [5, 5.41) is 21.0. The van der Waals surface area contributed by atoms with Gasteiger partial charge in [0, 0.05) is 18.2 Å². The lowest BCUT2D eigenvalue weighted by Gasteiger charge is -2.33. The van der Waals surface area contributed by atoms with E-state index in [-0.39, 0.29) is 19.0 Å². The molecule has 1 N–H and O–H groups in total. The number of rotatable bonds is 8. The molecule has 0 amide bonds. The lowest BCUT2D eigenvalue weighted by molar-refractivity contribution is 0.0599. The van der Waals surface area contributed by atoms with Crippen LogP contribution >= 0.6 is 35.6 Å². The summed E-state index contributed by atoms with van der Waals surface area (Å²) in [5.41, 5.74) is 2.70. The number of furan rings is 1. The van der Waals surface area contributed by atoms with Crippen LogP contribution in [-0.2, 0) is 0 Å². The van der Waals surface area contributed by atoms with E-state index in [9.17, 15) is 5.11 Å². The third-order valence-electron chi connectivity index (χ3n) is 7.08. The van der Waals surface area contributed by atoms with Crippen LogP contribution in [0, 0.1) is 0 Å². The van der Waals surface area contributed by atoms with Gasteiger partial charge in [-0.2, -0.15) is 0 Å². The summed E-state index contributed by atoms with van der Waals surface area (Å²) < 4.78 is 17.8. The number of likely N-dealkylation sites (tertiary alicyclic amines) is 1. The van der Waals surface area contributed by atoms with Gasteiger partial charge < -0.3 is 23.6 Å². The topological polar surface area (TPSA) is 84.8 Å². The zero-order chi connectivity index (χ0) is 26.8. The summed E-state index contributed by atoms with van der Waals surface area (Å²) in [4.78, 5) is 2.28. The summed E-state index contributed by atoms with van der Waals surface area (Å²) in [6.07, 6.45) is 1.38. The lowest BCUT2D eigenvalue weighted by Crippen LogP contribution is -2.40. The molecule has 7 nitrogen and oxygen atoms in total. The second-order valence-electron chi connectivity index (χ2n) is 9.77. The highest BCUT2D eigenvalue weighted by Crippen LogP contribution is 2.35. The van der Waals surface area contributed by atoms with E-state index in [2.05, 4.69) is 21.2 Å². The summed E-state index contributed by atoms with van der Waals surface area (Å²) >= 11 is 12.3. The summed E-state index contributed by atoms with van der Waals surface area (Å²) in [7, 11) is 0. The minimum Gasteiger partial charge on any atom is -0.490 e. The molecule has 2 aromatic heterocycles. The first kappa shape index (κ1) is 28.5. The number of hydrogen-bond donors (Lipinski definition) is 1. The average Bonchev–Trinajstić information content (AvgIpc) is 3.62. The highest BCUT2D eigenvalue weighted by atomic mass is 35.5. The molecule has 0 unspecified atom stereocenters. The Bertz CT molecular complexity index is 1570. The Kier molecular flexibility index (Phi) is 8.98. The summed E-state index contributed by atoms with van der Waals surface area (Å²) in [5.74, 6) is 2.25. The number of piperidine rings is 1. The fourth-order valence-corrected chi connectivity index (χ4v) is 5.34. The van der Waals surface area contributed by atoms with Crippen LogP contribution in [0.3, 0.4) is 0 Å². The van der Waals surface area contributed by atoms with Gasteiger partial charge in [-0.3, -0.25) is 0 Å². The minimum absolute atomic E-state index is 0. The van der Waals surface area contributed by atoms with Crippen molar-refractivity contribution in [2.24, 2.45) is 0 Å². The van der Waals surface area contributed by atoms with E-state index in [1.165, 1.54) is 5.56 Å². The molecule has 3 aromatic carbocycles. The van der Waals surface area contributed by atoms with Gasteiger partial charge in [-0.15, -0.1) is 22.6 Å². The number of aliphatic hydroxyl groups is 1. The Balaban J connectivity index is 0.00000323. The quantitative estimate of drug-likeness (QED) is 0.197. The molecular weight excluding hydrogens is 573 g/mol. The van der Waals surface area contributed by atoms with Crippen LogP contribution in [-0.4, -0.2) is 52.5 Å². The lowest BCUT2D eigenvalue weighted by atomic mass is 9.89. The van der Waals surface area contributed by atoms with E-state index in [1.54, 1.807) is 0 Å². The smallest absolute Gasteiger partial charge is 0.283 e. The predicted octanol–water partition coefficient (Wildman–Crippen LogP) is 7.50. The molecule has 0 bridgehead atoms. The molecule has 1 fully saturated rings. The zero-order valence-corrected chi connectivity index (χ0v) is 23.8. The first-order chi connectivity index (χ1) is 19.0. The molecule has 3 heterocycles. The van der Waals surface area contributed by atoms with Crippen LogP contribution in [0.4, 0.5) is 0 Å². The number of aromatic nitrogens is 2. The van der Waals surface area contributed by atoms with Gasteiger partial charge >= 0.3 is 0 Å². The first-order valence-electron chi connectivity index (χ1n) is 12.9.